The number of carbonyl (C=O) groups excluding carboxylic acids is 1. The minimum atomic E-state index is -0.0274. The van der Waals surface area contributed by atoms with Crippen LogP contribution in [-0.4, -0.2) is 24.0 Å². The molecule has 0 atom stereocenters. The Morgan fingerprint density at radius 3 is 2.95 bits per heavy atom. The summed E-state index contributed by atoms with van der Waals surface area (Å²) in [5.41, 5.74) is 1.66. The van der Waals surface area contributed by atoms with Crippen LogP contribution >= 0.6 is 12.4 Å². The molecule has 0 bridgehead atoms. The van der Waals surface area contributed by atoms with Crippen molar-refractivity contribution < 1.29 is 9.21 Å². The summed E-state index contributed by atoms with van der Waals surface area (Å²) in [6.45, 7) is 1.29. The van der Waals surface area contributed by atoms with Gasteiger partial charge in [-0.25, -0.2) is 4.98 Å². The number of oxazole rings is 1. The van der Waals surface area contributed by atoms with E-state index in [9.17, 15) is 4.79 Å². The molecule has 0 aliphatic heterocycles. The van der Waals surface area contributed by atoms with E-state index in [2.05, 4.69) is 15.6 Å². The molecule has 1 amide bonds. The van der Waals surface area contributed by atoms with Gasteiger partial charge in [-0.05, 0) is 37.4 Å². The molecular weight excluding hydrogens is 290 g/mol. The summed E-state index contributed by atoms with van der Waals surface area (Å²) in [5.74, 6) is 1.44. The first-order valence-electron chi connectivity index (χ1n) is 6.81. The lowest BCUT2D eigenvalue weighted by Crippen LogP contribution is -2.29. The molecule has 1 aliphatic rings. The van der Waals surface area contributed by atoms with Gasteiger partial charge in [-0.3, -0.25) is 4.79 Å². The lowest BCUT2D eigenvalue weighted by atomic mass is 10.1. The van der Waals surface area contributed by atoms with Crippen molar-refractivity contribution in [1.29, 1.82) is 0 Å². The highest BCUT2D eigenvalue weighted by atomic mass is 35.5. The number of anilines is 1. The van der Waals surface area contributed by atoms with Crippen LogP contribution < -0.4 is 10.6 Å². The van der Waals surface area contributed by atoms with E-state index < -0.39 is 0 Å². The molecule has 1 aromatic heterocycles. The molecule has 2 N–H and O–H groups in total. The van der Waals surface area contributed by atoms with Crippen molar-refractivity contribution in [1.82, 2.24) is 10.3 Å². The summed E-state index contributed by atoms with van der Waals surface area (Å²) >= 11 is 0. The molecule has 0 spiro atoms. The van der Waals surface area contributed by atoms with Crippen LogP contribution in [0.2, 0.25) is 0 Å². The molecule has 1 aromatic carbocycles. The number of nitrogens with zero attached hydrogens (tertiary/aromatic N) is 1. The van der Waals surface area contributed by atoms with Gasteiger partial charge < -0.3 is 15.1 Å². The molecule has 0 unspecified atom stereocenters. The third kappa shape index (κ3) is 4.58. The maximum atomic E-state index is 11.8. The van der Waals surface area contributed by atoms with E-state index in [0.717, 1.165) is 23.7 Å². The van der Waals surface area contributed by atoms with Crippen molar-refractivity contribution in [2.45, 2.75) is 12.8 Å². The molecule has 1 saturated carbocycles. The molecule has 2 aromatic rings. The summed E-state index contributed by atoms with van der Waals surface area (Å²) in [5, 5.41) is 6.04. The normalized spacial score (nSPS) is 13.5. The summed E-state index contributed by atoms with van der Waals surface area (Å²) in [6, 6.07) is 7.53. The van der Waals surface area contributed by atoms with Gasteiger partial charge in [-0.1, -0.05) is 12.1 Å². The van der Waals surface area contributed by atoms with Crippen molar-refractivity contribution in [3.63, 3.8) is 0 Å². The van der Waals surface area contributed by atoms with Crippen molar-refractivity contribution in [2.75, 3.05) is 18.4 Å². The molecule has 21 heavy (non-hydrogen) atoms. The summed E-state index contributed by atoms with van der Waals surface area (Å²) < 4.78 is 5.24. The van der Waals surface area contributed by atoms with E-state index in [1.165, 1.54) is 19.2 Å². The second-order valence-electron chi connectivity index (χ2n) is 5.07. The third-order valence-corrected chi connectivity index (χ3v) is 3.28. The molecule has 3 rings (SSSR count). The van der Waals surface area contributed by atoms with Gasteiger partial charge >= 0.3 is 0 Å². The zero-order valence-electron chi connectivity index (χ0n) is 11.5. The van der Waals surface area contributed by atoms with E-state index in [-0.39, 0.29) is 18.3 Å². The van der Waals surface area contributed by atoms with Crippen LogP contribution in [0.25, 0.3) is 11.3 Å². The van der Waals surface area contributed by atoms with Gasteiger partial charge in [-0.15, -0.1) is 12.4 Å². The van der Waals surface area contributed by atoms with Gasteiger partial charge in [0.1, 0.15) is 0 Å². The topological polar surface area (TPSA) is 67.2 Å². The van der Waals surface area contributed by atoms with E-state index in [0.29, 0.717) is 12.3 Å². The number of hydrogen-bond acceptors (Lipinski definition) is 4. The Morgan fingerprint density at radius 1 is 1.38 bits per heavy atom. The zero-order valence-corrected chi connectivity index (χ0v) is 12.4. The Kier molecular flexibility index (Phi) is 5.36. The monoisotopic (exact) mass is 307 g/mol. The van der Waals surface area contributed by atoms with E-state index in [1.54, 1.807) is 6.20 Å². The van der Waals surface area contributed by atoms with Crippen LogP contribution in [0.5, 0.6) is 0 Å². The van der Waals surface area contributed by atoms with Crippen LogP contribution in [0.3, 0.4) is 0 Å². The quantitative estimate of drug-likeness (QED) is 0.861. The minimum absolute atomic E-state index is 0. The average molecular weight is 308 g/mol. The summed E-state index contributed by atoms with van der Waals surface area (Å²) in [7, 11) is 0. The smallest absolute Gasteiger partial charge is 0.238 e. The maximum absolute atomic E-state index is 11.8. The lowest BCUT2D eigenvalue weighted by Gasteiger charge is -2.07. The van der Waals surface area contributed by atoms with E-state index >= 15 is 0 Å². The molecule has 0 radical (unpaired) electrons. The number of hydrogen-bond donors (Lipinski definition) is 2. The van der Waals surface area contributed by atoms with Crippen LogP contribution in [0.1, 0.15) is 12.8 Å². The van der Waals surface area contributed by atoms with Gasteiger partial charge in [-0.2, -0.15) is 0 Å². The number of aromatic nitrogens is 1. The minimum Gasteiger partial charge on any atom is -0.444 e. The van der Waals surface area contributed by atoms with Crippen LogP contribution in [0, 0.1) is 5.92 Å². The predicted molar refractivity (Wildman–Crippen MR) is 83.4 cm³/mol. The number of nitrogens with one attached hydrogen (secondary N) is 2. The fraction of sp³-hybridized carbons (Fsp3) is 0.333. The average Bonchev–Trinajstić information content (AvgIpc) is 3.10. The Bertz CT molecular complexity index is 582. The molecule has 1 heterocycles. The van der Waals surface area contributed by atoms with Gasteiger partial charge in [0, 0.05) is 11.3 Å². The molecule has 1 fully saturated rings. The second kappa shape index (κ2) is 7.24. The molecule has 0 saturated heterocycles. The number of rotatable bonds is 6. The third-order valence-electron chi connectivity index (χ3n) is 3.28. The molecule has 1 aliphatic carbocycles. The highest BCUT2D eigenvalue weighted by molar-refractivity contribution is 5.92. The maximum Gasteiger partial charge on any atom is 0.238 e. The van der Waals surface area contributed by atoms with Crippen molar-refractivity contribution in [2.24, 2.45) is 5.92 Å². The Labute approximate surface area is 129 Å². The molecule has 5 nitrogen and oxygen atoms in total. The van der Waals surface area contributed by atoms with Gasteiger partial charge in [0.2, 0.25) is 5.91 Å². The Hall–Kier alpha value is -1.85. The molecular formula is C15H18ClN3O2. The summed E-state index contributed by atoms with van der Waals surface area (Å²) in [4.78, 5) is 15.7. The number of halogens is 1. The largest absolute Gasteiger partial charge is 0.444 e. The summed E-state index contributed by atoms with van der Waals surface area (Å²) in [6.07, 6.45) is 5.61. The predicted octanol–water partition coefficient (Wildman–Crippen LogP) is 2.70. The van der Waals surface area contributed by atoms with Crippen LogP contribution in [-0.2, 0) is 4.79 Å². The Morgan fingerprint density at radius 2 is 2.24 bits per heavy atom. The van der Waals surface area contributed by atoms with Crippen molar-refractivity contribution in [3.8, 4) is 11.3 Å². The first-order valence-corrected chi connectivity index (χ1v) is 6.81. The van der Waals surface area contributed by atoms with Gasteiger partial charge in [0.25, 0.3) is 0 Å². The number of amides is 1. The van der Waals surface area contributed by atoms with E-state index in [4.69, 9.17) is 4.42 Å². The fourth-order valence-corrected chi connectivity index (χ4v) is 2.03. The zero-order chi connectivity index (χ0) is 13.8. The fourth-order valence-electron chi connectivity index (χ4n) is 2.03. The number of carbonyl (C=O) groups is 1. The SMILES string of the molecule is Cl.O=C(CNCC1CC1)Nc1cccc(-c2cnco2)c1. The lowest BCUT2D eigenvalue weighted by molar-refractivity contribution is -0.115. The van der Waals surface area contributed by atoms with Crippen LogP contribution in [0.4, 0.5) is 5.69 Å². The molecule has 112 valence electrons. The first kappa shape index (κ1) is 15.5. The van der Waals surface area contributed by atoms with Gasteiger partial charge in [0.15, 0.2) is 12.2 Å². The standard InChI is InChI=1S/C15H17N3O2.ClH/c19-15(9-16-7-11-4-5-11)18-13-3-1-2-12(6-13)14-8-17-10-20-14;/h1-3,6,8,10-11,16H,4-5,7,9H2,(H,18,19);1H. The molecule has 6 heteroatoms. The Balaban J connectivity index is 0.00000161. The van der Waals surface area contributed by atoms with E-state index in [1.807, 2.05) is 24.3 Å². The highest BCUT2D eigenvalue weighted by Crippen LogP contribution is 2.27. The van der Waals surface area contributed by atoms with Crippen molar-refractivity contribution in [3.05, 3.63) is 36.9 Å². The van der Waals surface area contributed by atoms with Crippen molar-refractivity contribution >= 4 is 24.0 Å². The van der Waals surface area contributed by atoms with Gasteiger partial charge in [0.05, 0.1) is 12.7 Å². The second-order valence-corrected chi connectivity index (χ2v) is 5.07. The first-order chi connectivity index (χ1) is 9.81. The van der Waals surface area contributed by atoms with Crippen LogP contribution in [0.15, 0.2) is 41.3 Å². The highest BCUT2D eigenvalue weighted by Gasteiger charge is 2.20. The number of benzene rings is 1.